The second kappa shape index (κ2) is 14.8. The molecule has 0 aromatic heterocycles. The van der Waals surface area contributed by atoms with Gasteiger partial charge in [-0.25, -0.2) is 12.7 Å². The summed E-state index contributed by atoms with van der Waals surface area (Å²) in [5.74, 6) is 0.936. The average molecular weight is 505 g/mol. The summed E-state index contributed by atoms with van der Waals surface area (Å²) in [6, 6.07) is 0. The molecule has 1 aliphatic rings. The highest BCUT2D eigenvalue weighted by Crippen LogP contribution is 1.99. The fourth-order valence-corrected chi connectivity index (χ4v) is 3.37. The van der Waals surface area contributed by atoms with Crippen LogP contribution in [0.4, 0.5) is 0 Å². The van der Waals surface area contributed by atoms with Crippen LogP contribution in [0.1, 0.15) is 26.7 Å². The zero-order valence-electron chi connectivity index (χ0n) is 16.4. The number of halogens is 1. The first-order chi connectivity index (χ1) is 12.0. The summed E-state index contributed by atoms with van der Waals surface area (Å²) in [7, 11) is -1.47. The van der Waals surface area contributed by atoms with E-state index in [0.717, 1.165) is 58.3 Å². The Morgan fingerprint density at radius 2 is 1.88 bits per heavy atom. The van der Waals surface area contributed by atoms with Crippen molar-refractivity contribution in [3.8, 4) is 0 Å². The monoisotopic (exact) mass is 505 g/mol. The van der Waals surface area contributed by atoms with Crippen molar-refractivity contribution in [1.82, 2.24) is 19.8 Å². The quantitative estimate of drug-likeness (QED) is 0.185. The van der Waals surface area contributed by atoms with Crippen LogP contribution >= 0.6 is 24.0 Å². The molecule has 8 nitrogen and oxygen atoms in total. The van der Waals surface area contributed by atoms with Crippen LogP contribution in [-0.4, -0.2) is 95.4 Å². The molecule has 0 aliphatic carbocycles. The van der Waals surface area contributed by atoms with E-state index in [1.807, 2.05) is 6.92 Å². The van der Waals surface area contributed by atoms with Gasteiger partial charge in [-0.2, -0.15) is 0 Å². The van der Waals surface area contributed by atoms with Crippen molar-refractivity contribution in [1.29, 1.82) is 0 Å². The molecule has 0 bridgehead atoms. The van der Waals surface area contributed by atoms with Crippen LogP contribution in [0, 0.1) is 0 Å². The minimum atomic E-state index is -3.10. The number of guanidine groups is 1. The van der Waals surface area contributed by atoms with E-state index in [-0.39, 0.29) is 29.7 Å². The summed E-state index contributed by atoms with van der Waals surface area (Å²) in [6.07, 6.45) is 1.77. The second-order valence-corrected chi connectivity index (χ2v) is 8.44. The largest absolute Gasteiger partial charge is 0.379 e. The van der Waals surface area contributed by atoms with Crippen molar-refractivity contribution in [3.63, 3.8) is 0 Å². The molecule has 0 aromatic carbocycles. The predicted molar refractivity (Wildman–Crippen MR) is 118 cm³/mol. The highest BCUT2D eigenvalue weighted by molar-refractivity contribution is 14.0. The summed E-state index contributed by atoms with van der Waals surface area (Å²) >= 11 is 0. The number of nitrogens with zero attached hydrogens (tertiary/aromatic N) is 3. The SMILES string of the molecule is CCNC(=NCCCN(C)S(=O)(=O)CC)NCCCN1CCOCC1.I. The van der Waals surface area contributed by atoms with Crippen LogP contribution in [0.5, 0.6) is 0 Å². The maximum absolute atomic E-state index is 11.7. The lowest BCUT2D eigenvalue weighted by Gasteiger charge is -2.26. The average Bonchev–Trinajstić information content (AvgIpc) is 2.62. The number of ether oxygens (including phenoxy) is 1. The minimum Gasteiger partial charge on any atom is -0.379 e. The number of nitrogens with one attached hydrogen (secondary N) is 2. The molecular formula is C16H36IN5O3S. The topological polar surface area (TPSA) is 86.3 Å². The van der Waals surface area contributed by atoms with E-state index >= 15 is 0 Å². The van der Waals surface area contributed by atoms with Crippen molar-refractivity contribution in [2.45, 2.75) is 26.7 Å². The summed E-state index contributed by atoms with van der Waals surface area (Å²) < 4.78 is 30.1. The summed E-state index contributed by atoms with van der Waals surface area (Å²) in [6.45, 7) is 11.2. The first-order valence-corrected chi connectivity index (χ1v) is 10.9. The van der Waals surface area contributed by atoms with Crippen LogP contribution < -0.4 is 10.6 Å². The van der Waals surface area contributed by atoms with Crippen LogP contribution in [0.3, 0.4) is 0 Å². The Morgan fingerprint density at radius 1 is 1.19 bits per heavy atom. The van der Waals surface area contributed by atoms with E-state index in [4.69, 9.17) is 4.74 Å². The number of sulfonamides is 1. The molecule has 0 spiro atoms. The molecule has 0 atom stereocenters. The lowest BCUT2D eigenvalue weighted by molar-refractivity contribution is 0.0376. The zero-order valence-corrected chi connectivity index (χ0v) is 19.5. The number of morpholine rings is 1. The van der Waals surface area contributed by atoms with Gasteiger partial charge in [-0.15, -0.1) is 24.0 Å². The standard InChI is InChI=1S/C16H35N5O3S.HI/c1-4-17-16(18-8-6-10-20(3)25(22,23)5-2)19-9-7-11-21-12-14-24-15-13-21;/h4-15H2,1-3H3,(H2,17,18,19);1H. The van der Waals surface area contributed by atoms with E-state index < -0.39 is 10.0 Å². The van der Waals surface area contributed by atoms with Gasteiger partial charge in [0.1, 0.15) is 0 Å². The Hall–Kier alpha value is -0.170. The lowest BCUT2D eigenvalue weighted by Crippen LogP contribution is -2.40. The van der Waals surface area contributed by atoms with Gasteiger partial charge in [-0.05, 0) is 33.2 Å². The third-order valence-electron chi connectivity index (χ3n) is 4.13. The van der Waals surface area contributed by atoms with Gasteiger partial charge in [-0.3, -0.25) is 9.89 Å². The van der Waals surface area contributed by atoms with Crippen molar-refractivity contribution < 1.29 is 13.2 Å². The molecule has 156 valence electrons. The molecule has 0 aromatic rings. The Labute approximate surface area is 176 Å². The molecule has 0 amide bonds. The molecule has 1 fully saturated rings. The third-order valence-corrected chi connectivity index (χ3v) is 5.99. The number of aliphatic imine (C=N–C) groups is 1. The van der Waals surface area contributed by atoms with Gasteiger partial charge in [0.2, 0.25) is 10.0 Å². The smallest absolute Gasteiger partial charge is 0.213 e. The molecule has 0 radical (unpaired) electrons. The fraction of sp³-hybridized carbons (Fsp3) is 0.938. The maximum atomic E-state index is 11.7. The van der Waals surface area contributed by atoms with Crippen LogP contribution in [0.25, 0.3) is 0 Å². The molecule has 10 heteroatoms. The van der Waals surface area contributed by atoms with E-state index in [1.165, 1.54) is 4.31 Å². The molecule has 2 N–H and O–H groups in total. The van der Waals surface area contributed by atoms with Crippen molar-refractivity contribution >= 4 is 40.0 Å². The Kier molecular flexibility index (Phi) is 14.7. The van der Waals surface area contributed by atoms with E-state index in [1.54, 1.807) is 14.0 Å². The molecule has 0 unspecified atom stereocenters. The van der Waals surface area contributed by atoms with Gasteiger partial charge < -0.3 is 15.4 Å². The van der Waals surface area contributed by atoms with Gasteiger partial charge in [-0.1, -0.05) is 0 Å². The number of hydrogen-bond donors (Lipinski definition) is 2. The van der Waals surface area contributed by atoms with E-state index in [9.17, 15) is 8.42 Å². The number of hydrogen-bond acceptors (Lipinski definition) is 5. The predicted octanol–water partition coefficient (Wildman–Crippen LogP) is 0.553. The first kappa shape index (κ1) is 25.8. The second-order valence-electron chi connectivity index (χ2n) is 6.07. The van der Waals surface area contributed by atoms with Gasteiger partial charge in [0, 0.05) is 46.3 Å². The molecule has 1 saturated heterocycles. The van der Waals surface area contributed by atoms with Crippen LogP contribution in [-0.2, 0) is 14.8 Å². The molecule has 0 saturated carbocycles. The Morgan fingerprint density at radius 3 is 2.50 bits per heavy atom. The minimum absolute atomic E-state index is 0. The molecule has 1 aliphatic heterocycles. The molecule has 26 heavy (non-hydrogen) atoms. The first-order valence-electron chi connectivity index (χ1n) is 9.26. The van der Waals surface area contributed by atoms with Crippen molar-refractivity contribution in [2.24, 2.45) is 4.99 Å². The highest BCUT2D eigenvalue weighted by atomic mass is 127. The van der Waals surface area contributed by atoms with Crippen LogP contribution in [0.15, 0.2) is 4.99 Å². The van der Waals surface area contributed by atoms with Crippen LogP contribution in [0.2, 0.25) is 0 Å². The van der Waals surface area contributed by atoms with Gasteiger partial charge in [0.25, 0.3) is 0 Å². The highest BCUT2D eigenvalue weighted by Gasteiger charge is 2.13. The normalized spacial score (nSPS) is 16.4. The van der Waals surface area contributed by atoms with E-state index in [0.29, 0.717) is 19.5 Å². The van der Waals surface area contributed by atoms with Crippen molar-refractivity contribution in [2.75, 3.05) is 71.8 Å². The Bertz CT molecular complexity index is 484. The van der Waals surface area contributed by atoms with Gasteiger partial charge in [0.15, 0.2) is 5.96 Å². The van der Waals surface area contributed by atoms with Crippen molar-refractivity contribution in [3.05, 3.63) is 0 Å². The number of rotatable bonds is 11. The summed E-state index contributed by atoms with van der Waals surface area (Å²) in [4.78, 5) is 6.93. The zero-order chi connectivity index (χ0) is 18.5. The van der Waals surface area contributed by atoms with E-state index in [2.05, 4.69) is 20.5 Å². The molecule has 1 rings (SSSR count). The molecule has 1 heterocycles. The summed E-state index contributed by atoms with van der Waals surface area (Å²) in [5.41, 5.74) is 0. The van der Waals surface area contributed by atoms with Gasteiger partial charge >= 0.3 is 0 Å². The van der Waals surface area contributed by atoms with Gasteiger partial charge in [0.05, 0.1) is 19.0 Å². The third kappa shape index (κ3) is 10.9. The fourth-order valence-electron chi connectivity index (χ4n) is 2.52. The maximum Gasteiger partial charge on any atom is 0.213 e. The Balaban J connectivity index is 0.00000625. The molecular weight excluding hydrogens is 469 g/mol. The lowest BCUT2D eigenvalue weighted by atomic mass is 10.3. The summed E-state index contributed by atoms with van der Waals surface area (Å²) in [5, 5.41) is 6.56.